The summed E-state index contributed by atoms with van der Waals surface area (Å²) in [4.78, 5) is 26.2. The van der Waals surface area contributed by atoms with Crippen LogP contribution < -0.4 is 5.73 Å². The number of ether oxygens (including phenoxy) is 1. The number of imidazole rings is 1. The number of likely N-dealkylation sites (tertiary alicyclic amines) is 1. The van der Waals surface area contributed by atoms with Crippen LogP contribution >= 0.6 is 0 Å². The van der Waals surface area contributed by atoms with Crippen LogP contribution in [0.2, 0.25) is 0 Å². The van der Waals surface area contributed by atoms with Gasteiger partial charge < -0.3 is 15.4 Å². The largest absolute Gasteiger partial charge is 0.444 e. The van der Waals surface area contributed by atoms with Gasteiger partial charge in [0, 0.05) is 31.0 Å². The Hall–Kier alpha value is -3.23. The first-order valence-electron chi connectivity index (χ1n) is 13.8. The number of hydrogen-bond donors (Lipinski definition) is 1. The van der Waals surface area contributed by atoms with Gasteiger partial charge in [-0.3, -0.25) is 4.40 Å². The second-order valence-electron chi connectivity index (χ2n) is 9.59. The lowest BCUT2D eigenvalue weighted by Crippen LogP contribution is -2.39. The number of pyridine rings is 1. The normalized spacial score (nSPS) is 13.7. The summed E-state index contributed by atoms with van der Waals surface area (Å²) in [6.07, 6.45) is 8.98. The number of nitrogens with two attached hydrogens (primary N) is 1. The molecule has 0 saturated carbocycles. The first-order valence-corrected chi connectivity index (χ1v) is 13.8. The van der Waals surface area contributed by atoms with Crippen LogP contribution in [0, 0.1) is 5.82 Å². The van der Waals surface area contributed by atoms with Gasteiger partial charge in [-0.25, -0.2) is 24.1 Å². The zero-order chi connectivity index (χ0) is 28.9. The predicted octanol–water partition coefficient (Wildman–Crippen LogP) is 7.49. The fourth-order valence-corrected chi connectivity index (χ4v) is 3.65. The third-order valence-electron chi connectivity index (χ3n) is 5.70. The summed E-state index contributed by atoms with van der Waals surface area (Å²) in [5.74, 6) is 0.864. The minimum atomic E-state index is -0.367. The molecule has 1 fully saturated rings. The number of fused-ring (bicyclic) bond motifs is 1. The van der Waals surface area contributed by atoms with E-state index in [0.717, 1.165) is 37.9 Å². The van der Waals surface area contributed by atoms with Gasteiger partial charge in [0.15, 0.2) is 5.82 Å². The van der Waals surface area contributed by atoms with Gasteiger partial charge in [-0.1, -0.05) is 41.5 Å². The van der Waals surface area contributed by atoms with Gasteiger partial charge >= 0.3 is 6.09 Å². The van der Waals surface area contributed by atoms with E-state index in [4.69, 9.17) is 10.5 Å². The molecular weight excluding hydrogens is 483 g/mol. The van der Waals surface area contributed by atoms with Gasteiger partial charge in [0.05, 0.1) is 6.20 Å². The average molecular weight is 531 g/mol. The number of hydrogen-bond acceptors (Lipinski definition) is 6. The highest BCUT2D eigenvalue weighted by molar-refractivity contribution is 5.68. The number of amides is 1. The second-order valence-corrected chi connectivity index (χ2v) is 9.59. The number of nitrogens with zero attached hydrogens (tertiary/aromatic N) is 5. The van der Waals surface area contributed by atoms with Crippen LogP contribution in [0.25, 0.3) is 17.2 Å². The van der Waals surface area contributed by atoms with E-state index in [9.17, 15) is 9.18 Å². The molecule has 1 amide bonds. The first-order chi connectivity index (χ1) is 18.1. The van der Waals surface area contributed by atoms with E-state index in [2.05, 4.69) is 28.8 Å². The van der Waals surface area contributed by atoms with Gasteiger partial charge in [0.25, 0.3) is 0 Å². The maximum absolute atomic E-state index is 13.4. The van der Waals surface area contributed by atoms with Gasteiger partial charge in [-0.05, 0) is 64.5 Å². The lowest BCUT2D eigenvalue weighted by molar-refractivity contribution is 0.0216. The lowest BCUT2D eigenvalue weighted by atomic mass is 10.0. The van der Waals surface area contributed by atoms with Crippen LogP contribution in [0.3, 0.4) is 0 Å². The van der Waals surface area contributed by atoms with Crippen LogP contribution in [0.5, 0.6) is 0 Å². The van der Waals surface area contributed by atoms with Crippen molar-refractivity contribution in [3.8, 4) is 11.5 Å². The molecular formula is C29H47FN6O2. The molecule has 38 heavy (non-hydrogen) atoms. The van der Waals surface area contributed by atoms with E-state index in [1.807, 2.05) is 48.5 Å². The Labute approximate surface area is 227 Å². The number of piperidine rings is 1. The number of aromatic nitrogens is 4. The molecule has 1 aliphatic heterocycles. The number of carbonyl (C=O) groups excluding carboxylic acids is 1. The molecule has 1 atom stereocenters. The lowest BCUT2D eigenvalue weighted by Gasteiger charge is -2.29. The van der Waals surface area contributed by atoms with Crippen LogP contribution in [0.1, 0.15) is 99.5 Å². The topological polar surface area (TPSA) is 98.6 Å². The Balaban J connectivity index is 0.000000366. The standard InChI is InChI=1S/C15H16FN5.C10H19NO2.2C2H6/c1-3-9(2)11-6-19-15(20-14(11)17)12-7-18-13-5-4-10(16)8-21(12)13;1-10(2,3)13-9(12)11-7-5-4-6-8-11;2*1-2/h4-9H,3H2,1-2H3,(H2,17,19,20);4-8H2,1-3H3;2*1-2H3. The van der Waals surface area contributed by atoms with Crippen LogP contribution in [0.4, 0.5) is 15.0 Å². The molecule has 0 aromatic carbocycles. The number of anilines is 1. The number of rotatable bonds is 3. The Morgan fingerprint density at radius 2 is 1.71 bits per heavy atom. The van der Waals surface area contributed by atoms with E-state index in [1.165, 1.54) is 18.7 Å². The molecule has 4 heterocycles. The van der Waals surface area contributed by atoms with Crippen molar-refractivity contribution in [2.45, 2.75) is 99.5 Å². The molecule has 3 aromatic heterocycles. The number of halogens is 1. The summed E-state index contributed by atoms with van der Waals surface area (Å²) >= 11 is 0. The molecule has 8 nitrogen and oxygen atoms in total. The molecule has 4 rings (SSSR count). The number of carbonyl (C=O) groups is 1. The van der Waals surface area contributed by atoms with E-state index in [0.29, 0.717) is 28.9 Å². The fourth-order valence-electron chi connectivity index (χ4n) is 3.65. The number of nitrogen functional groups attached to an aromatic ring is 1. The highest BCUT2D eigenvalue weighted by Crippen LogP contribution is 2.25. The summed E-state index contributed by atoms with van der Waals surface area (Å²) in [6.45, 7) is 19.6. The van der Waals surface area contributed by atoms with Gasteiger partial charge in [0.1, 0.15) is 28.6 Å². The summed E-state index contributed by atoms with van der Waals surface area (Å²) in [6, 6.07) is 2.98. The molecule has 0 spiro atoms. The fraction of sp³-hybridized carbons (Fsp3) is 0.586. The van der Waals surface area contributed by atoms with Crippen molar-refractivity contribution >= 4 is 17.6 Å². The van der Waals surface area contributed by atoms with E-state index in [1.54, 1.807) is 27.8 Å². The van der Waals surface area contributed by atoms with Gasteiger partial charge in [-0.15, -0.1) is 0 Å². The van der Waals surface area contributed by atoms with Crippen molar-refractivity contribution in [1.29, 1.82) is 0 Å². The van der Waals surface area contributed by atoms with Crippen molar-refractivity contribution in [1.82, 2.24) is 24.3 Å². The van der Waals surface area contributed by atoms with E-state index in [-0.39, 0.29) is 17.5 Å². The smallest absolute Gasteiger partial charge is 0.410 e. The molecule has 212 valence electrons. The van der Waals surface area contributed by atoms with Crippen LogP contribution in [-0.4, -0.2) is 49.0 Å². The highest BCUT2D eigenvalue weighted by atomic mass is 19.1. The average Bonchev–Trinajstić information content (AvgIpc) is 3.33. The van der Waals surface area contributed by atoms with Crippen molar-refractivity contribution in [3.05, 3.63) is 42.1 Å². The molecule has 2 N–H and O–H groups in total. The zero-order valence-corrected chi connectivity index (χ0v) is 24.7. The molecule has 9 heteroatoms. The summed E-state index contributed by atoms with van der Waals surface area (Å²) in [7, 11) is 0. The predicted molar refractivity (Wildman–Crippen MR) is 154 cm³/mol. The Kier molecular flexibility index (Phi) is 13.7. The maximum atomic E-state index is 13.4. The quantitative estimate of drug-likeness (QED) is 0.377. The van der Waals surface area contributed by atoms with Crippen molar-refractivity contribution in [2.75, 3.05) is 18.8 Å². The summed E-state index contributed by atoms with van der Waals surface area (Å²) in [5.41, 5.74) is 7.84. The summed E-state index contributed by atoms with van der Waals surface area (Å²) in [5, 5.41) is 0. The monoisotopic (exact) mass is 530 g/mol. The SMILES string of the molecule is CC.CC.CC(C)(C)OC(=O)N1CCCCC1.CCC(C)c1cnc(-c2cnc3ccc(F)cn23)nc1N. The zero-order valence-electron chi connectivity index (χ0n) is 24.7. The molecule has 0 bridgehead atoms. The molecule has 1 unspecified atom stereocenters. The molecule has 1 aliphatic rings. The van der Waals surface area contributed by atoms with Crippen molar-refractivity contribution in [2.24, 2.45) is 0 Å². The Bertz CT molecular complexity index is 1120. The third kappa shape index (κ3) is 9.58. The van der Waals surface area contributed by atoms with Crippen molar-refractivity contribution in [3.63, 3.8) is 0 Å². The molecule has 0 radical (unpaired) electrons. The van der Waals surface area contributed by atoms with E-state index < -0.39 is 0 Å². The first kappa shape index (κ1) is 32.8. The van der Waals surface area contributed by atoms with Crippen molar-refractivity contribution < 1.29 is 13.9 Å². The summed E-state index contributed by atoms with van der Waals surface area (Å²) < 4.78 is 20.3. The Morgan fingerprint density at radius 3 is 2.26 bits per heavy atom. The minimum Gasteiger partial charge on any atom is -0.444 e. The maximum Gasteiger partial charge on any atom is 0.410 e. The minimum absolute atomic E-state index is 0.160. The van der Waals surface area contributed by atoms with Crippen LogP contribution in [-0.2, 0) is 4.74 Å². The van der Waals surface area contributed by atoms with E-state index >= 15 is 0 Å². The highest BCUT2D eigenvalue weighted by Gasteiger charge is 2.23. The molecule has 0 aliphatic carbocycles. The van der Waals surface area contributed by atoms with Gasteiger partial charge in [0.2, 0.25) is 0 Å². The second kappa shape index (κ2) is 15.9. The van der Waals surface area contributed by atoms with Gasteiger partial charge in [-0.2, -0.15) is 0 Å². The molecule has 3 aromatic rings. The van der Waals surface area contributed by atoms with Crippen LogP contribution in [0.15, 0.2) is 30.7 Å². The Morgan fingerprint density at radius 1 is 1.08 bits per heavy atom. The molecule has 1 saturated heterocycles. The third-order valence-corrected chi connectivity index (χ3v) is 5.70.